The molecule has 1 fully saturated rings. The Morgan fingerprint density at radius 3 is 2.88 bits per heavy atom. The fourth-order valence-corrected chi connectivity index (χ4v) is 3.78. The summed E-state index contributed by atoms with van der Waals surface area (Å²) in [5.41, 5.74) is 2.00. The lowest BCUT2D eigenvalue weighted by atomic mass is 10.0. The lowest BCUT2D eigenvalue weighted by Crippen LogP contribution is -2.48. The number of pyridine rings is 1. The molecule has 1 aromatic carbocycles. The number of rotatable bonds is 6. The van der Waals surface area contributed by atoms with Crippen LogP contribution in [0.5, 0.6) is 0 Å². The van der Waals surface area contributed by atoms with Gasteiger partial charge in [0.2, 0.25) is 0 Å². The zero-order valence-electron chi connectivity index (χ0n) is 15.3. The molecule has 0 unspecified atom stereocenters. The highest BCUT2D eigenvalue weighted by Crippen LogP contribution is 2.18. The third-order valence-electron chi connectivity index (χ3n) is 5.10. The average molecular weight is 372 g/mol. The van der Waals surface area contributed by atoms with Crippen LogP contribution >= 0.6 is 11.6 Å². The van der Waals surface area contributed by atoms with E-state index in [0.29, 0.717) is 10.7 Å². The summed E-state index contributed by atoms with van der Waals surface area (Å²) in [6, 6.07) is 14.2. The van der Waals surface area contributed by atoms with Crippen LogP contribution in [0.3, 0.4) is 0 Å². The molecule has 0 aliphatic carbocycles. The molecule has 0 bridgehead atoms. The Labute approximate surface area is 160 Å². The van der Waals surface area contributed by atoms with E-state index < -0.39 is 0 Å². The van der Waals surface area contributed by atoms with Crippen molar-refractivity contribution < 1.29 is 4.79 Å². The highest BCUT2D eigenvalue weighted by atomic mass is 35.5. The molecule has 0 spiro atoms. The van der Waals surface area contributed by atoms with Gasteiger partial charge in [0.15, 0.2) is 0 Å². The summed E-state index contributed by atoms with van der Waals surface area (Å²) in [5.74, 6) is 0.0189. The number of carbonyl (C=O) groups excluding carboxylic acids is 1. The number of amides is 1. The summed E-state index contributed by atoms with van der Waals surface area (Å²) in [6.45, 7) is 3.14. The first-order valence-corrected chi connectivity index (χ1v) is 9.66. The van der Waals surface area contributed by atoms with E-state index in [4.69, 9.17) is 11.6 Å². The van der Waals surface area contributed by atoms with Crippen LogP contribution in [-0.2, 0) is 6.42 Å². The lowest BCUT2D eigenvalue weighted by molar-refractivity contribution is 0.0617. The second-order valence-corrected chi connectivity index (χ2v) is 7.36. The minimum atomic E-state index is 0.0189. The van der Waals surface area contributed by atoms with Gasteiger partial charge in [-0.05, 0) is 56.5 Å². The Kier molecular flexibility index (Phi) is 6.64. The molecule has 3 rings (SSSR count). The minimum absolute atomic E-state index is 0.0189. The van der Waals surface area contributed by atoms with Crippen molar-refractivity contribution in [3.05, 3.63) is 64.9 Å². The Bertz CT molecular complexity index is 722. The van der Waals surface area contributed by atoms with E-state index in [0.717, 1.165) is 45.3 Å². The van der Waals surface area contributed by atoms with Crippen LogP contribution in [0.4, 0.5) is 0 Å². The Morgan fingerprint density at radius 2 is 2.12 bits per heavy atom. The van der Waals surface area contributed by atoms with Crippen LogP contribution in [0.15, 0.2) is 48.7 Å². The van der Waals surface area contributed by atoms with Crippen LogP contribution < -0.4 is 0 Å². The topological polar surface area (TPSA) is 36.4 Å². The van der Waals surface area contributed by atoms with Gasteiger partial charge in [0, 0.05) is 31.4 Å². The molecule has 26 heavy (non-hydrogen) atoms. The molecule has 138 valence electrons. The number of piperidine rings is 1. The molecule has 5 heteroatoms. The molecule has 2 aromatic rings. The molecule has 1 aromatic heterocycles. The molecule has 1 saturated heterocycles. The largest absolute Gasteiger partial charge is 0.337 e. The summed E-state index contributed by atoms with van der Waals surface area (Å²) in [7, 11) is 1.90. The maximum atomic E-state index is 12.7. The van der Waals surface area contributed by atoms with Gasteiger partial charge < -0.3 is 9.80 Å². The zero-order valence-corrected chi connectivity index (χ0v) is 16.0. The van der Waals surface area contributed by atoms with Crippen molar-refractivity contribution in [2.24, 2.45) is 0 Å². The first kappa shape index (κ1) is 18.9. The quantitative estimate of drug-likeness (QED) is 0.722. The van der Waals surface area contributed by atoms with Crippen LogP contribution in [0, 0.1) is 0 Å². The fourth-order valence-electron chi connectivity index (χ4n) is 3.61. The number of aryl methyl sites for hydroxylation is 1. The summed E-state index contributed by atoms with van der Waals surface area (Å²) in [5, 5.41) is 0.357. The summed E-state index contributed by atoms with van der Waals surface area (Å²) in [4.78, 5) is 21.0. The highest BCUT2D eigenvalue weighted by molar-refractivity contribution is 6.29. The number of hydrogen-bond acceptors (Lipinski definition) is 3. The third kappa shape index (κ3) is 5.05. The molecule has 1 amide bonds. The van der Waals surface area contributed by atoms with Gasteiger partial charge in [-0.3, -0.25) is 4.79 Å². The van der Waals surface area contributed by atoms with E-state index in [1.807, 2.05) is 11.9 Å². The number of hydrogen-bond donors (Lipinski definition) is 0. The number of aromatic nitrogens is 1. The molecule has 1 atom stereocenters. The molecule has 1 aliphatic heterocycles. The number of halogens is 1. The zero-order chi connectivity index (χ0) is 18.4. The van der Waals surface area contributed by atoms with Crippen molar-refractivity contribution in [2.75, 3.05) is 26.7 Å². The van der Waals surface area contributed by atoms with Gasteiger partial charge >= 0.3 is 0 Å². The molecular formula is C21H26ClN3O. The molecule has 4 nitrogen and oxygen atoms in total. The molecule has 0 radical (unpaired) electrons. The van der Waals surface area contributed by atoms with Gasteiger partial charge in [0.1, 0.15) is 5.15 Å². The van der Waals surface area contributed by atoms with Crippen molar-refractivity contribution >= 4 is 17.5 Å². The SMILES string of the molecule is CN(C(=O)c1ccnc(Cl)c1)[C@@H]1CCCN(CCCc2ccccc2)C1. The van der Waals surface area contributed by atoms with Crippen molar-refractivity contribution in [1.29, 1.82) is 0 Å². The van der Waals surface area contributed by atoms with Gasteiger partial charge in [-0.2, -0.15) is 0 Å². The number of benzene rings is 1. The van der Waals surface area contributed by atoms with E-state index in [1.54, 1.807) is 18.3 Å². The smallest absolute Gasteiger partial charge is 0.254 e. The predicted molar refractivity (Wildman–Crippen MR) is 106 cm³/mol. The molecule has 0 saturated carbocycles. The number of carbonyl (C=O) groups is 1. The number of likely N-dealkylation sites (tertiary alicyclic amines) is 1. The van der Waals surface area contributed by atoms with Crippen LogP contribution in [-0.4, -0.2) is 53.4 Å². The van der Waals surface area contributed by atoms with Crippen LogP contribution in [0.2, 0.25) is 5.15 Å². The van der Waals surface area contributed by atoms with Crippen LogP contribution in [0.1, 0.15) is 35.2 Å². The normalized spacial score (nSPS) is 17.8. The van der Waals surface area contributed by atoms with Gasteiger partial charge in [-0.25, -0.2) is 4.98 Å². The van der Waals surface area contributed by atoms with Crippen molar-refractivity contribution in [3.63, 3.8) is 0 Å². The Balaban J connectivity index is 1.51. The fraction of sp³-hybridized carbons (Fsp3) is 0.429. The minimum Gasteiger partial charge on any atom is -0.337 e. The molecule has 0 N–H and O–H groups in total. The van der Waals surface area contributed by atoms with E-state index in [9.17, 15) is 4.79 Å². The van der Waals surface area contributed by atoms with E-state index in [2.05, 4.69) is 40.2 Å². The monoisotopic (exact) mass is 371 g/mol. The van der Waals surface area contributed by atoms with Crippen molar-refractivity contribution in [3.8, 4) is 0 Å². The second-order valence-electron chi connectivity index (χ2n) is 6.97. The summed E-state index contributed by atoms with van der Waals surface area (Å²) >= 11 is 5.92. The highest BCUT2D eigenvalue weighted by Gasteiger charge is 2.26. The molecule has 1 aliphatic rings. The van der Waals surface area contributed by atoms with E-state index in [-0.39, 0.29) is 11.9 Å². The lowest BCUT2D eigenvalue weighted by Gasteiger charge is -2.37. The first-order chi connectivity index (χ1) is 12.6. The number of likely N-dealkylation sites (N-methyl/N-ethyl adjacent to an activating group) is 1. The van der Waals surface area contributed by atoms with Crippen molar-refractivity contribution in [2.45, 2.75) is 31.7 Å². The first-order valence-electron chi connectivity index (χ1n) is 9.28. The van der Waals surface area contributed by atoms with Gasteiger partial charge in [-0.15, -0.1) is 0 Å². The summed E-state index contributed by atoms with van der Waals surface area (Å²) in [6.07, 6.45) is 6.02. The maximum Gasteiger partial charge on any atom is 0.254 e. The Morgan fingerprint density at radius 1 is 1.31 bits per heavy atom. The van der Waals surface area contributed by atoms with Crippen LogP contribution in [0.25, 0.3) is 0 Å². The van der Waals surface area contributed by atoms with Gasteiger partial charge in [-0.1, -0.05) is 41.9 Å². The van der Waals surface area contributed by atoms with Crippen molar-refractivity contribution in [1.82, 2.24) is 14.8 Å². The predicted octanol–water partition coefficient (Wildman–Crippen LogP) is 3.90. The third-order valence-corrected chi connectivity index (χ3v) is 5.31. The second kappa shape index (κ2) is 9.15. The van der Waals surface area contributed by atoms with Gasteiger partial charge in [0.05, 0.1) is 0 Å². The average Bonchev–Trinajstić information content (AvgIpc) is 2.68. The molecule has 2 heterocycles. The maximum absolute atomic E-state index is 12.7. The standard InChI is InChI=1S/C21H26ClN3O/c1-24(21(26)18-11-12-23-20(22)15-18)19-10-6-14-25(16-19)13-5-9-17-7-3-2-4-8-17/h2-4,7-8,11-12,15,19H,5-6,9-10,13-14,16H2,1H3/t19-/m1/s1. The van der Waals surface area contributed by atoms with E-state index in [1.165, 1.54) is 5.56 Å². The van der Waals surface area contributed by atoms with E-state index >= 15 is 0 Å². The number of nitrogens with zero attached hydrogens (tertiary/aromatic N) is 3. The summed E-state index contributed by atoms with van der Waals surface area (Å²) < 4.78 is 0. The molecular weight excluding hydrogens is 346 g/mol. The Hall–Kier alpha value is -1.91. The van der Waals surface area contributed by atoms with Gasteiger partial charge in [0.25, 0.3) is 5.91 Å².